The van der Waals surface area contributed by atoms with Crippen molar-refractivity contribution < 1.29 is 19.1 Å². The Labute approximate surface area is 127 Å². The van der Waals surface area contributed by atoms with Crippen molar-refractivity contribution in [1.29, 1.82) is 0 Å². The molecular weight excluding hydrogens is 286 g/mol. The molecule has 1 aromatic heterocycles. The van der Waals surface area contributed by atoms with Gasteiger partial charge in [0.15, 0.2) is 6.61 Å². The van der Waals surface area contributed by atoms with E-state index in [9.17, 15) is 9.59 Å². The van der Waals surface area contributed by atoms with Gasteiger partial charge >= 0.3 is 5.63 Å². The normalized spacial score (nSPS) is 10.6. The van der Waals surface area contributed by atoms with Crippen LogP contribution < -0.4 is 15.7 Å². The highest BCUT2D eigenvalue weighted by Gasteiger charge is 2.07. The van der Waals surface area contributed by atoms with Crippen molar-refractivity contribution >= 4 is 16.9 Å². The molecule has 22 heavy (non-hydrogen) atoms. The fourth-order valence-electron chi connectivity index (χ4n) is 2.10. The van der Waals surface area contributed by atoms with Gasteiger partial charge in [-0.2, -0.15) is 0 Å². The Kier molecular flexibility index (Phi) is 5.55. The lowest BCUT2D eigenvalue weighted by atomic mass is 10.1. The first kappa shape index (κ1) is 16.0. The van der Waals surface area contributed by atoms with Crippen LogP contribution in [-0.4, -0.2) is 30.8 Å². The van der Waals surface area contributed by atoms with Gasteiger partial charge < -0.3 is 19.6 Å². The molecule has 0 aliphatic heterocycles. The van der Waals surface area contributed by atoms with Gasteiger partial charge in [-0.1, -0.05) is 6.92 Å². The van der Waals surface area contributed by atoms with E-state index >= 15 is 0 Å². The number of carbonyl (C=O) groups excluding carboxylic acids is 1. The molecule has 0 saturated heterocycles. The maximum absolute atomic E-state index is 11.5. The van der Waals surface area contributed by atoms with Gasteiger partial charge in [0.25, 0.3) is 5.91 Å². The summed E-state index contributed by atoms with van der Waals surface area (Å²) in [6, 6.07) is 6.65. The van der Waals surface area contributed by atoms with E-state index < -0.39 is 5.63 Å². The number of fused-ring (bicyclic) bond motifs is 1. The summed E-state index contributed by atoms with van der Waals surface area (Å²) < 4.78 is 10.6. The number of nitrogens with one attached hydrogen (secondary N) is 1. The molecule has 2 aromatic rings. The highest BCUT2D eigenvalue weighted by Crippen LogP contribution is 2.22. The summed E-state index contributed by atoms with van der Waals surface area (Å²) in [5, 5.41) is 12.1. The Balaban J connectivity index is 2.07. The summed E-state index contributed by atoms with van der Waals surface area (Å²) in [6.45, 7) is 2.28. The van der Waals surface area contributed by atoms with Crippen LogP contribution in [-0.2, 0) is 11.2 Å². The molecule has 0 radical (unpaired) electrons. The Morgan fingerprint density at radius 3 is 2.91 bits per heavy atom. The van der Waals surface area contributed by atoms with Crippen LogP contribution in [0.4, 0.5) is 0 Å². The maximum Gasteiger partial charge on any atom is 0.336 e. The van der Waals surface area contributed by atoms with Gasteiger partial charge in [-0.15, -0.1) is 0 Å². The smallest absolute Gasteiger partial charge is 0.336 e. The standard InChI is InChI=1S/C16H19NO5/c1-2-11-8-16(20)22-14-9-12(4-5-13(11)14)21-10-15(19)17-6-3-7-18/h4-5,8-9,18H,2-3,6-7,10H2,1H3,(H,17,19). The molecule has 0 aliphatic carbocycles. The average molecular weight is 305 g/mol. The van der Waals surface area contributed by atoms with Crippen LogP contribution in [0.5, 0.6) is 5.75 Å². The first-order chi connectivity index (χ1) is 10.6. The molecule has 0 aliphatic rings. The molecule has 1 amide bonds. The predicted octanol–water partition coefficient (Wildman–Crippen LogP) is 1.23. The number of aliphatic hydroxyl groups is 1. The minimum Gasteiger partial charge on any atom is -0.484 e. The number of carbonyl (C=O) groups is 1. The number of hydrogen-bond acceptors (Lipinski definition) is 5. The van der Waals surface area contributed by atoms with Crippen molar-refractivity contribution in [3.8, 4) is 5.75 Å². The third kappa shape index (κ3) is 4.08. The molecule has 2 rings (SSSR count). The highest BCUT2D eigenvalue weighted by atomic mass is 16.5. The van der Waals surface area contributed by atoms with Crippen molar-refractivity contribution in [3.63, 3.8) is 0 Å². The van der Waals surface area contributed by atoms with Crippen LogP contribution in [0.25, 0.3) is 11.0 Å². The molecule has 1 aromatic carbocycles. The Morgan fingerprint density at radius 2 is 2.18 bits per heavy atom. The molecule has 0 spiro atoms. The summed E-state index contributed by atoms with van der Waals surface area (Å²) in [4.78, 5) is 23.0. The number of amides is 1. The quantitative estimate of drug-likeness (QED) is 0.593. The molecule has 0 atom stereocenters. The molecule has 1 heterocycles. The third-order valence-electron chi connectivity index (χ3n) is 3.21. The number of benzene rings is 1. The molecule has 118 valence electrons. The fraction of sp³-hybridized carbons (Fsp3) is 0.375. The van der Waals surface area contributed by atoms with Gasteiger partial charge in [0, 0.05) is 30.7 Å². The minimum atomic E-state index is -0.400. The average Bonchev–Trinajstić information content (AvgIpc) is 2.52. The van der Waals surface area contributed by atoms with Gasteiger partial charge in [-0.05, 0) is 30.5 Å². The van der Waals surface area contributed by atoms with Gasteiger partial charge in [0.05, 0.1) is 0 Å². The van der Waals surface area contributed by atoms with Crippen molar-refractivity contribution in [2.45, 2.75) is 19.8 Å². The molecule has 6 nitrogen and oxygen atoms in total. The van der Waals surface area contributed by atoms with Crippen molar-refractivity contribution in [2.24, 2.45) is 0 Å². The first-order valence-corrected chi connectivity index (χ1v) is 7.21. The second kappa shape index (κ2) is 7.61. The van der Waals surface area contributed by atoms with Gasteiger partial charge in [-0.3, -0.25) is 4.79 Å². The summed E-state index contributed by atoms with van der Waals surface area (Å²) >= 11 is 0. The van der Waals surface area contributed by atoms with Crippen LogP contribution in [0.2, 0.25) is 0 Å². The molecule has 0 saturated carbocycles. The zero-order chi connectivity index (χ0) is 15.9. The van der Waals surface area contributed by atoms with E-state index in [0.717, 1.165) is 17.4 Å². The SMILES string of the molecule is CCc1cc(=O)oc2cc(OCC(=O)NCCCO)ccc12. The molecule has 0 unspecified atom stereocenters. The zero-order valence-electron chi connectivity index (χ0n) is 12.4. The summed E-state index contributed by atoms with van der Waals surface area (Å²) in [5.74, 6) is 0.193. The first-order valence-electron chi connectivity index (χ1n) is 7.21. The van der Waals surface area contributed by atoms with E-state index in [1.165, 1.54) is 6.07 Å². The maximum atomic E-state index is 11.5. The Morgan fingerprint density at radius 1 is 1.36 bits per heavy atom. The van der Waals surface area contributed by atoms with Crippen LogP contribution in [0.15, 0.2) is 33.5 Å². The predicted molar refractivity (Wildman–Crippen MR) is 82.1 cm³/mol. The molecule has 0 bridgehead atoms. The number of hydrogen-bond donors (Lipinski definition) is 2. The van der Waals surface area contributed by atoms with Crippen LogP contribution in [0.1, 0.15) is 18.9 Å². The lowest BCUT2D eigenvalue weighted by molar-refractivity contribution is -0.123. The summed E-state index contributed by atoms with van der Waals surface area (Å²) in [7, 11) is 0. The fourth-order valence-corrected chi connectivity index (χ4v) is 2.10. The molecule has 0 fully saturated rings. The topological polar surface area (TPSA) is 88.8 Å². The van der Waals surface area contributed by atoms with Gasteiger partial charge in [0.2, 0.25) is 0 Å². The second-order valence-electron chi connectivity index (χ2n) is 4.82. The van der Waals surface area contributed by atoms with Gasteiger partial charge in [0.1, 0.15) is 11.3 Å². The summed E-state index contributed by atoms with van der Waals surface area (Å²) in [5.41, 5.74) is 0.963. The van der Waals surface area contributed by atoms with Crippen LogP contribution >= 0.6 is 0 Å². The monoisotopic (exact) mass is 305 g/mol. The molecule has 6 heteroatoms. The summed E-state index contributed by atoms with van der Waals surface area (Å²) in [6.07, 6.45) is 1.24. The van der Waals surface area contributed by atoms with Crippen molar-refractivity contribution in [3.05, 3.63) is 40.2 Å². The van der Waals surface area contributed by atoms with E-state index in [1.54, 1.807) is 12.1 Å². The van der Waals surface area contributed by atoms with E-state index in [-0.39, 0.29) is 19.1 Å². The van der Waals surface area contributed by atoms with E-state index in [0.29, 0.717) is 24.3 Å². The van der Waals surface area contributed by atoms with Crippen molar-refractivity contribution in [2.75, 3.05) is 19.8 Å². The minimum absolute atomic E-state index is 0.0323. The number of rotatable bonds is 7. The third-order valence-corrected chi connectivity index (χ3v) is 3.21. The van der Waals surface area contributed by atoms with Crippen LogP contribution in [0.3, 0.4) is 0 Å². The van der Waals surface area contributed by atoms with E-state index in [4.69, 9.17) is 14.3 Å². The number of aliphatic hydroxyl groups excluding tert-OH is 1. The number of ether oxygens (including phenoxy) is 1. The van der Waals surface area contributed by atoms with E-state index in [2.05, 4.69) is 5.32 Å². The molecule has 2 N–H and O–H groups in total. The van der Waals surface area contributed by atoms with Crippen LogP contribution in [0, 0.1) is 0 Å². The lowest BCUT2D eigenvalue weighted by Gasteiger charge is -2.08. The highest BCUT2D eigenvalue weighted by molar-refractivity contribution is 5.82. The Hall–Kier alpha value is -2.34. The zero-order valence-corrected chi connectivity index (χ0v) is 12.4. The van der Waals surface area contributed by atoms with E-state index in [1.807, 2.05) is 13.0 Å². The largest absolute Gasteiger partial charge is 0.484 e. The molecular formula is C16H19NO5. The second-order valence-corrected chi connectivity index (χ2v) is 4.82. The number of aryl methyl sites for hydroxylation is 1. The van der Waals surface area contributed by atoms with Crippen molar-refractivity contribution in [1.82, 2.24) is 5.32 Å². The Bertz CT molecular complexity index is 707. The lowest BCUT2D eigenvalue weighted by Crippen LogP contribution is -2.30. The van der Waals surface area contributed by atoms with Gasteiger partial charge in [-0.25, -0.2) is 4.79 Å².